The summed E-state index contributed by atoms with van der Waals surface area (Å²) in [5.74, 6) is 1.99. The first-order chi connectivity index (χ1) is 6.29. The number of hydrogen-bond donors (Lipinski definition) is 0. The van der Waals surface area contributed by atoms with Crippen molar-refractivity contribution in [3.8, 4) is 0 Å². The van der Waals surface area contributed by atoms with Crippen LogP contribution in [0.25, 0.3) is 0 Å². The van der Waals surface area contributed by atoms with E-state index < -0.39 is 0 Å². The molecule has 0 bridgehead atoms. The quantitative estimate of drug-likeness (QED) is 0.646. The average Bonchev–Trinajstić information content (AvgIpc) is 2.06. The summed E-state index contributed by atoms with van der Waals surface area (Å²) in [7, 11) is 4.07. The van der Waals surface area contributed by atoms with Gasteiger partial charge in [0, 0.05) is 7.11 Å². The van der Waals surface area contributed by atoms with Gasteiger partial charge in [-0.05, 0) is 57.7 Å². The van der Waals surface area contributed by atoms with E-state index in [0.29, 0.717) is 6.10 Å². The Labute approximate surface area is 81.3 Å². The Morgan fingerprint density at radius 3 is 2.23 bits per heavy atom. The molecular weight excluding hydrogens is 162 g/mol. The van der Waals surface area contributed by atoms with E-state index >= 15 is 0 Å². The number of likely N-dealkylation sites (tertiary alicyclic amines) is 1. The van der Waals surface area contributed by atoms with Crippen LogP contribution in [0.15, 0.2) is 0 Å². The first-order valence-electron chi connectivity index (χ1n) is 5.51. The summed E-state index contributed by atoms with van der Waals surface area (Å²) in [6.45, 7) is 2.61. The topological polar surface area (TPSA) is 12.5 Å². The molecule has 1 aliphatic heterocycles. The lowest BCUT2D eigenvalue weighted by atomic mass is 9.70. The average molecular weight is 183 g/mol. The van der Waals surface area contributed by atoms with E-state index in [1.807, 2.05) is 7.11 Å². The molecule has 0 aromatic carbocycles. The third-order valence-corrected chi connectivity index (χ3v) is 3.89. The Balaban J connectivity index is 1.71. The number of piperidine rings is 1. The van der Waals surface area contributed by atoms with Crippen molar-refractivity contribution in [1.82, 2.24) is 4.90 Å². The molecule has 13 heavy (non-hydrogen) atoms. The molecule has 0 atom stereocenters. The Kier molecular flexibility index (Phi) is 2.89. The molecule has 2 rings (SSSR count). The summed E-state index contributed by atoms with van der Waals surface area (Å²) >= 11 is 0. The predicted octanol–water partition coefficient (Wildman–Crippen LogP) is 1.75. The fraction of sp³-hybridized carbons (Fsp3) is 1.00. The maximum absolute atomic E-state index is 5.32. The second-order valence-electron chi connectivity index (χ2n) is 4.73. The molecule has 2 nitrogen and oxygen atoms in total. The van der Waals surface area contributed by atoms with Crippen LogP contribution in [-0.2, 0) is 4.74 Å². The summed E-state index contributed by atoms with van der Waals surface area (Å²) < 4.78 is 5.32. The Hall–Kier alpha value is -0.0800. The van der Waals surface area contributed by atoms with Gasteiger partial charge in [0.05, 0.1) is 6.10 Å². The molecule has 2 aliphatic rings. The highest BCUT2D eigenvalue weighted by molar-refractivity contribution is 4.87. The molecule has 1 heterocycles. The van der Waals surface area contributed by atoms with Gasteiger partial charge in [-0.25, -0.2) is 0 Å². The molecule has 1 saturated carbocycles. The number of nitrogens with zero attached hydrogens (tertiary/aromatic N) is 1. The fourth-order valence-electron chi connectivity index (χ4n) is 2.68. The van der Waals surface area contributed by atoms with Crippen molar-refractivity contribution in [1.29, 1.82) is 0 Å². The molecule has 0 amide bonds. The van der Waals surface area contributed by atoms with Crippen molar-refractivity contribution in [3.63, 3.8) is 0 Å². The first-order valence-corrected chi connectivity index (χ1v) is 5.51. The lowest BCUT2D eigenvalue weighted by Gasteiger charge is -2.42. The van der Waals surface area contributed by atoms with Gasteiger partial charge in [-0.2, -0.15) is 0 Å². The van der Waals surface area contributed by atoms with E-state index in [-0.39, 0.29) is 0 Å². The summed E-state index contributed by atoms with van der Waals surface area (Å²) in [5.41, 5.74) is 0. The van der Waals surface area contributed by atoms with Gasteiger partial charge < -0.3 is 9.64 Å². The van der Waals surface area contributed by atoms with E-state index in [0.717, 1.165) is 11.8 Å². The number of methoxy groups -OCH3 is 1. The second-order valence-corrected chi connectivity index (χ2v) is 4.73. The van der Waals surface area contributed by atoms with Gasteiger partial charge in [0.15, 0.2) is 0 Å². The highest BCUT2D eigenvalue weighted by Gasteiger charge is 2.35. The van der Waals surface area contributed by atoms with Gasteiger partial charge in [0.25, 0.3) is 0 Å². The predicted molar refractivity (Wildman–Crippen MR) is 53.7 cm³/mol. The summed E-state index contributed by atoms with van der Waals surface area (Å²) in [4.78, 5) is 2.45. The maximum atomic E-state index is 5.32. The van der Waals surface area contributed by atoms with Gasteiger partial charge in [-0.15, -0.1) is 0 Å². The highest BCUT2D eigenvalue weighted by atomic mass is 16.5. The van der Waals surface area contributed by atoms with Crippen molar-refractivity contribution in [2.45, 2.75) is 31.8 Å². The van der Waals surface area contributed by atoms with E-state index in [2.05, 4.69) is 11.9 Å². The van der Waals surface area contributed by atoms with Crippen molar-refractivity contribution in [3.05, 3.63) is 0 Å². The lowest BCUT2D eigenvalue weighted by molar-refractivity contribution is -0.0304. The van der Waals surface area contributed by atoms with E-state index in [4.69, 9.17) is 4.74 Å². The van der Waals surface area contributed by atoms with Crippen LogP contribution in [0.5, 0.6) is 0 Å². The summed E-state index contributed by atoms with van der Waals surface area (Å²) in [6.07, 6.45) is 6.06. The van der Waals surface area contributed by atoms with Crippen molar-refractivity contribution in [2.24, 2.45) is 11.8 Å². The van der Waals surface area contributed by atoms with Crippen molar-refractivity contribution < 1.29 is 4.74 Å². The molecule has 2 fully saturated rings. The Morgan fingerprint density at radius 2 is 1.69 bits per heavy atom. The number of rotatable bonds is 2. The monoisotopic (exact) mass is 183 g/mol. The Bertz CT molecular complexity index is 157. The minimum atomic E-state index is 0.588. The molecule has 0 N–H and O–H groups in total. The zero-order chi connectivity index (χ0) is 9.26. The zero-order valence-corrected chi connectivity index (χ0v) is 8.83. The van der Waals surface area contributed by atoms with Crippen LogP contribution in [0.3, 0.4) is 0 Å². The molecule has 1 aliphatic carbocycles. The van der Waals surface area contributed by atoms with Crippen LogP contribution in [0.4, 0.5) is 0 Å². The zero-order valence-electron chi connectivity index (χ0n) is 8.83. The standard InChI is InChI=1S/C11H21NO/c1-12-5-3-9(4-6-12)10-7-11(8-10)13-2/h9-11H,3-8H2,1-2H3. The minimum absolute atomic E-state index is 0.588. The molecule has 2 heteroatoms. The molecule has 1 saturated heterocycles. The van der Waals surface area contributed by atoms with E-state index in [1.165, 1.54) is 38.8 Å². The molecule has 76 valence electrons. The van der Waals surface area contributed by atoms with E-state index in [1.54, 1.807) is 0 Å². The molecule has 0 unspecified atom stereocenters. The molecule has 0 radical (unpaired) electrons. The number of ether oxygens (including phenoxy) is 1. The SMILES string of the molecule is COC1CC(C2CCN(C)CC2)C1. The Morgan fingerprint density at radius 1 is 1.08 bits per heavy atom. The van der Waals surface area contributed by atoms with E-state index in [9.17, 15) is 0 Å². The highest BCUT2D eigenvalue weighted by Crippen LogP contribution is 2.39. The van der Waals surface area contributed by atoms with Crippen LogP contribution in [-0.4, -0.2) is 38.3 Å². The van der Waals surface area contributed by atoms with Gasteiger partial charge in [0.2, 0.25) is 0 Å². The summed E-state index contributed by atoms with van der Waals surface area (Å²) in [6, 6.07) is 0. The van der Waals surface area contributed by atoms with Crippen LogP contribution >= 0.6 is 0 Å². The maximum Gasteiger partial charge on any atom is 0.0576 e. The van der Waals surface area contributed by atoms with Gasteiger partial charge in [0.1, 0.15) is 0 Å². The third-order valence-electron chi connectivity index (χ3n) is 3.89. The second kappa shape index (κ2) is 3.97. The summed E-state index contributed by atoms with van der Waals surface area (Å²) in [5, 5.41) is 0. The fourth-order valence-corrected chi connectivity index (χ4v) is 2.68. The third kappa shape index (κ3) is 2.05. The largest absolute Gasteiger partial charge is 0.381 e. The normalized spacial score (nSPS) is 37.4. The smallest absolute Gasteiger partial charge is 0.0576 e. The van der Waals surface area contributed by atoms with Gasteiger partial charge in [-0.3, -0.25) is 0 Å². The molecular formula is C11H21NO. The number of hydrogen-bond acceptors (Lipinski definition) is 2. The van der Waals surface area contributed by atoms with Crippen LogP contribution in [0.2, 0.25) is 0 Å². The molecule has 0 aromatic rings. The first kappa shape index (κ1) is 9.47. The minimum Gasteiger partial charge on any atom is -0.381 e. The van der Waals surface area contributed by atoms with Crippen LogP contribution < -0.4 is 0 Å². The van der Waals surface area contributed by atoms with Crippen molar-refractivity contribution >= 4 is 0 Å². The van der Waals surface area contributed by atoms with Crippen molar-refractivity contribution in [2.75, 3.05) is 27.2 Å². The van der Waals surface area contributed by atoms with Crippen LogP contribution in [0.1, 0.15) is 25.7 Å². The van der Waals surface area contributed by atoms with Gasteiger partial charge in [-0.1, -0.05) is 0 Å². The lowest BCUT2D eigenvalue weighted by Crippen LogP contribution is -2.40. The molecule has 0 spiro atoms. The molecule has 0 aromatic heterocycles. The van der Waals surface area contributed by atoms with Crippen LogP contribution in [0, 0.1) is 11.8 Å². The van der Waals surface area contributed by atoms with Gasteiger partial charge >= 0.3 is 0 Å².